The Morgan fingerprint density at radius 1 is 1.38 bits per heavy atom. The van der Waals surface area contributed by atoms with Crippen molar-refractivity contribution in [3.63, 3.8) is 0 Å². The van der Waals surface area contributed by atoms with E-state index in [9.17, 15) is 5.11 Å². The fourth-order valence-electron chi connectivity index (χ4n) is 1.97. The van der Waals surface area contributed by atoms with Crippen LogP contribution in [0.1, 0.15) is 26.2 Å². The molecule has 0 saturated carbocycles. The quantitative estimate of drug-likeness (QED) is 0.672. The number of rotatable bonds is 4. The van der Waals surface area contributed by atoms with Crippen LogP contribution in [-0.4, -0.2) is 47.5 Å². The molecule has 3 heteroatoms. The fraction of sp³-hybridized carbons (Fsp3) is 1.00. The van der Waals surface area contributed by atoms with E-state index in [1.165, 1.54) is 12.8 Å². The Kier molecular flexibility index (Phi) is 4.70. The Balaban J connectivity index is 2.29. The predicted molar refractivity (Wildman–Crippen MR) is 52.5 cm³/mol. The van der Waals surface area contributed by atoms with E-state index >= 15 is 0 Å². The third kappa shape index (κ3) is 3.63. The average Bonchev–Trinajstić information content (AvgIpc) is 2.14. The first-order valence-corrected chi connectivity index (χ1v) is 5.27. The van der Waals surface area contributed by atoms with Gasteiger partial charge in [0.2, 0.25) is 0 Å². The van der Waals surface area contributed by atoms with Crippen LogP contribution in [0.4, 0.5) is 0 Å². The average molecular weight is 187 g/mol. The van der Waals surface area contributed by atoms with Crippen molar-refractivity contribution in [3.05, 3.63) is 0 Å². The fourth-order valence-corrected chi connectivity index (χ4v) is 1.97. The largest absolute Gasteiger partial charge is 0.396 e. The molecule has 2 atom stereocenters. The maximum absolute atomic E-state index is 9.53. The SMILES string of the molecule is CCCCN1CC(O)CC(CO)C1. The van der Waals surface area contributed by atoms with Gasteiger partial charge in [-0.3, -0.25) is 0 Å². The lowest BCUT2D eigenvalue weighted by molar-refractivity contribution is 0.0208. The minimum Gasteiger partial charge on any atom is -0.396 e. The molecule has 0 amide bonds. The van der Waals surface area contributed by atoms with Gasteiger partial charge in [-0.2, -0.15) is 0 Å². The van der Waals surface area contributed by atoms with E-state index in [-0.39, 0.29) is 18.6 Å². The smallest absolute Gasteiger partial charge is 0.0671 e. The lowest BCUT2D eigenvalue weighted by atomic mass is 9.96. The van der Waals surface area contributed by atoms with E-state index in [2.05, 4.69) is 11.8 Å². The van der Waals surface area contributed by atoms with Crippen molar-refractivity contribution in [2.45, 2.75) is 32.3 Å². The Morgan fingerprint density at radius 2 is 2.15 bits per heavy atom. The van der Waals surface area contributed by atoms with Gasteiger partial charge in [0.15, 0.2) is 0 Å². The molecule has 0 aromatic heterocycles. The van der Waals surface area contributed by atoms with Crippen molar-refractivity contribution >= 4 is 0 Å². The van der Waals surface area contributed by atoms with E-state index in [1.54, 1.807) is 0 Å². The number of hydrogen-bond acceptors (Lipinski definition) is 3. The molecule has 78 valence electrons. The number of piperidine rings is 1. The predicted octanol–water partition coefficient (Wildman–Crippen LogP) is 0.462. The highest BCUT2D eigenvalue weighted by Crippen LogP contribution is 2.16. The maximum Gasteiger partial charge on any atom is 0.0671 e. The van der Waals surface area contributed by atoms with Crippen LogP contribution in [0.3, 0.4) is 0 Å². The zero-order chi connectivity index (χ0) is 9.68. The highest BCUT2D eigenvalue weighted by atomic mass is 16.3. The van der Waals surface area contributed by atoms with Crippen LogP contribution < -0.4 is 0 Å². The van der Waals surface area contributed by atoms with Gasteiger partial charge in [0.25, 0.3) is 0 Å². The molecular formula is C10H21NO2. The highest BCUT2D eigenvalue weighted by Gasteiger charge is 2.24. The molecule has 0 spiro atoms. The number of likely N-dealkylation sites (tertiary alicyclic amines) is 1. The zero-order valence-electron chi connectivity index (χ0n) is 8.45. The molecular weight excluding hydrogens is 166 g/mol. The van der Waals surface area contributed by atoms with Crippen molar-refractivity contribution in [2.75, 3.05) is 26.2 Å². The maximum atomic E-state index is 9.53. The van der Waals surface area contributed by atoms with Gasteiger partial charge < -0.3 is 15.1 Å². The summed E-state index contributed by atoms with van der Waals surface area (Å²) in [5.74, 6) is 0.278. The Bertz CT molecular complexity index is 141. The molecule has 0 aromatic rings. The van der Waals surface area contributed by atoms with Gasteiger partial charge in [0.1, 0.15) is 0 Å². The number of β-amino-alcohol motifs (C(OH)–C–C–N with tert-alkyl or cyclic N) is 1. The Morgan fingerprint density at radius 3 is 2.77 bits per heavy atom. The molecule has 1 aliphatic heterocycles. The molecule has 1 rings (SSSR count). The van der Waals surface area contributed by atoms with Gasteiger partial charge in [-0.25, -0.2) is 0 Å². The minimum atomic E-state index is -0.234. The lowest BCUT2D eigenvalue weighted by Crippen LogP contribution is -2.44. The lowest BCUT2D eigenvalue weighted by Gasteiger charge is -2.34. The van der Waals surface area contributed by atoms with Crippen LogP contribution in [0.5, 0.6) is 0 Å². The van der Waals surface area contributed by atoms with E-state index in [0.717, 1.165) is 26.1 Å². The molecule has 0 aliphatic carbocycles. The molecule has 1 heterocycles. The van der Waals surface area contributed by atoms with Crippen LogP contribution in [0.15, 0.2) is 0 Å². The van der Waals surface area contributed by atoms with E-state index in [1.807, 2.05) is 0 Å². The molecule has 1 aliphatic rings. The first kappa shape index (κ1) is 11.0. The number of nitrogens with zero attached hydrogens (tertiary/aromatic N) is 1. The Labute approximate surface area is 80.4 Å². The van der Waals surface area contributed by atoms with Crippen molar-refractivity contribution in [2.24, 2.45) is 5.92 Å². The van der Waals surface area contributed by atoms with Crippen molar-refractivity contribution in [1.29, 1.82) is 0 Å². The van der Waals surface area contributed by atoms with Crippen LogP contribution in [0, 0.1) is 5.92 Å². The van der Waals surface area contributed by atoms with Crippen LogP contribution >= 0.6 is 0 Å². The van der Waals surface area contributed by atoms with E-state index < -0.39 is 0 Å². The molecule has 3 nitrogen and oxygen atoms in total. The first-order valence-electron chi connectivity index (χ1n) is 5.27. The summed E-state index contributed by atoms with van der Waals surface area (Å²) in [4.78, 5) is 2.26. The number of aliphatic hydroxyl groups is 2. The van der Waals surface area contributed by atoms with E-state index in [0.29, 0.717) is 0 Å². The normalized spacial score (nSPS) is 30.7. The Hall–Kier alpha value is -0.120. The second-order valence-electron chi connectivity index (χ2n) is 4.05. The van der Waals surface area contributed by atoms with Crippen LogP contribution in [0.25, 0.3) is 0 Å². The summed E-state index contributed by atoms with van der Waals surface area (Å²) in [6, 6.07) is 0. The number of hydrogen-bond donors (Lipinski definition) is 2. The molecule has 0 bridgehead atoms. The third-order valence-electron chi connectivity index (χ3n) is 2.68. The van der Waals surface area contributed by atoms with Crippen molar-refractivity contribution < 1.29 is 10.2 Å². The molecule has 13 heavy (non-hydrogen) atoms. The summed E-state index contributed by atoms with van der Waals surface area (Å²) in [6.07, 6.45) is 2.91. The van der Waals surface area contributed by atoms with Crippen molar-refractivity contribution in [1.82, 2.24) is 4.90 Å². The number of unbranched alkanes of at least 4 members (excludes halogenated alkanes) is 1. The molecule has 2 N–H and O–H groups in total. The van der Waals surface area contributed by atoms with Gasteiger partial charge >= 0.3 is 0 Å². The standard InChI is InChI=1S/C10H21NO2/c1-2-3-4-11-6-9(8-12)5-10(13)7-11/h9-10,12-13H,2-8H2,1H3. The summed E-state index contributed by atoms with van der Waals surface area (Å²) in [5, 5.41) is 18.5. The van der Waals surface area contributed by atoms with E-state index in [4.69, 9.17) is 5.11 Å². The van der Waals surface area contributed by atoms with Crippen molar-refractivity contribution in [3.8, 4) is 0 Å². The minimum absolute atomic E-state index is 0.208. The molecule has 0 aromatic carbocycles. The van der Waals surface area contributed by atoms with Gasteiger partial charge in [-0.05, 0) is 25.3 Å². The summed E-state index contributed by atoms with van der Waals surface area (Å²) in [6.45, 7) is 5.18. The summed E-state index contributed by atoms with van der Waals surface area (Å²) in [5.41, 5.74) is 0. The topological polar surface area (TPSA) is 43.7 Å². The molecule has 1 saturated heterocycles. The molecule has 2 unspecified atom stereocenters. The van der Waals surface area contributed by atoms with Gasteiger partial charge in [-0.15, -0.1) is 0 Å². The summed E-state index contributed by atoms with van der Waals surface area (Å²) in [7, 11) is 0. The highest BCUT2D eigenvalue weighted by molar-refractivity contribution is 4.78. The van der Waals surface area contributed by atoms with Crippen LogP contribution in [-0.2, 0) is 0 Å². The molecule has 1 fully saturated rings. The van der Waals surface area contributed by atoms with Gasteiger partial charge in [0, 0.05) is 19.7 Å². The monoisotopic (exact) mass is 187 g/mol. The first-order chi connectivity index (χ1) is 6.26. The van der Waals surface area contributed by atoms with Crippen LogP contribution in [0.2, 0.25) is 0 Å². The summed E-state index contributed by atoms with van der Waals surface area (Å²) >= 11 is 0. The van der Waals surface area contributed by atoms with Gasteiger partial charge in [-0.1, -0.05) is 13.3 Å². The molecule has 0 radical (unpaired) electrons. The van der Waals surface area contributed by atoms with Gasteiger partial charge in [0.05, 0.1) is 6.10 Å². The third-order valence-corrected chi connectivity index (χ3v) is 2.68. The second-order valence-corrected chi connectivity index (χ2v) is 4.05. The second kappa shape index (κ2) is 5.58. The zero-order valence-corrected chi connectivity index (χ0v) is 8.45. The summed E-state index contributed by atoms with van der Waals surface area (Å²) < 4.78 is 0. The number of aliphatic hydroxyl groups excluding tert-OH is 2.